The monoisotopic (exact) mass is 576 g/mol. The van der Waals surface area contributed by atoms with Crippen molar-refractivity contribution in [3.8, 4) is 0 Å². The number of aliphatic hydroxyl groups is 1. The second-order valence-electron chi connectivity index (χ2n) is 12.7. The summed E-state index contributed by atoms with van der Waals surface area (Å²) in [5, 5.41) is 11.7. The van der Waals surface area contributed by atoms with Crippen LogP contribution in [0.5, 0.6) is 0 Å². The van der Waals surface area contributed by atoms with Crippen molar-refractivity contribution in [1.29, 1.82) is 0 Å². The summed E-state index contributed by atoms with van der Waals surface area (Å²) < 4.78 is 47.1. The van der Waals surface area contributed by atoms with Gasteiger partial charge in [-0.1, -0.05) is 25.0 Å². The molecule has 1 unspecified atom stereocenters. The van der Waals surface area contributed by atoms with Crippen LogP contribution in [-0.4, -0.2) is 82.1 Å². The van der Waals surface area contributed by atoms with E-state index in [1.165, 1.54) is 26.5 Å². The molecule has 7 rings (SSSR count). The molecule has 1 N–H and O–H groups in total. The Kier molecular flexibility index (Phi) is 6.43. The average molecular weight is 577 g/mol. The minimum Gasteiger partial charge on any atom is -0.380 e. The highest BCUT2D eigenvalue weighted by atomic mass is 32.1. The highest BCUT2D eigenvalue weighted by molar-refractivity contribution is 7.13. The molecule has 216 valence electrons. The zero-order valence-corrected chi connectivity index (χ0v) is 23.2. The van der Waals surface area contributed by atoms with Crippen LogP contribution < -0.4 is 4.90 Å². The van der Waals surface area contributed by atoms with Crippen LogP contribution in [0, 0.1) is 35.5 Å². The topological polar surface area (TPSA) is 77.0 Å². The Balaban J connectivity index is 0.998. The lowest BCUT2D eigenvalue weighted by molar-refractivity contribution is -0.282. The first-order valence-electron chi connectivity index (χ1n) is 14.6. The lowest BCUT2D eigenvalue weighted by atomic mass is 9.72. The fourth-order valence-corrected chi connectivity index (χ4v) is 9.44. The number of rotatable bonds is 5. The van der Waals surface area contributed by atoms with Gasteiger partial charge in [0.15, 0.2) is 5.60 Å². The fourth-order valence-electron chi connectivity index (χ4n) is 8.65. The number of imide groups is 1. The lowest BCUT2D eigenvalue weighted by Gasteiger charge is -2.40. The predicted octanol–water partition coefficient (Wildman–Crippen LogP) is 4.16. The molecule has 11 heteroatoms. The number of halogens is 3. The number of carbonyl (C=O) groups is 2. The van der Waals surface area contributed by atoms with Crippen LogP contribution in [-0.2, 0) is 9.59 Å². The van der Waals surface area contributed by atoms with Gasteiger partial charge in [0.2, 0.25) is 11.8 Å². The third-order valence-corrected chi connectivity index (χ3v) is 11.5. The minimum atomic E-state index is -4.79. The van der Waals surface area contributed by atoms with Gasteiger partial charge in [0.25, 0.3) is 0 Å². The van der Waals surface area contributed by atoms with Crippen molar-refractivity contribution in [2.24, 2.45) is 35.5 Å². The molecule has 3 saturated carbocycles. The molecular formula is C29H35F3N4O3S. The molecule has 2 saturated heterocycles. The highest BCUT2D eigenvalue weighted by Crippen LogP contribution is 2.64. The van der Waals surface area contributed by atoms with E-state index >= 15 is 0 Å². The third-order valence-electron chi connectivity index (χ3n) is 10.7. The van der Waals surface area contributed by atoms with Crippen LogP contribution >= 0.6 is 11.5 Å². The van der Waals surface area contributed by atoms with Crippen LogP contribution in [0.2, 0.25) is 0 Å². The molecule has 2 aromatic rings. The standard InChI is InChI=1S/C29H35F3N4O3S/c30-29(31,32)28(39)14-19-13-21(28)24-23(19)26(37)36(27(24)38)16-18-6-2-1-5-17(18)15-34-9-11-35(12-10-34)25-20-7-3-4-8-22(20)40-33-25/h3-4,7-8,17-19,21,23-24,39H,1-2,5-6,9-16H2/t17-,18?,19+,21+,23+,24-,28+/m0/s1. The first-order valence-corrected chi connectivity index (χ1v) is 15.4. The predicted molar refractivity (Wildman–Crippen MR) is 145 cm³/mol. The van der Waals surface area contributed by atoms with Gasteiger partial charge < -0.3 is 10.0 Å². The maximum absolute atomic E-state index is 13.7. The number of fused-ring (bicyclic) bond motifs is 6. The molecule has 0 spiro atoms. The van der Waals surface area contributed by atoms with Gasteiger partial charge >= 0.3 is 6.18 Å². The van der Waals surface area contributed by atoms with Crippen LogP contribution in [0.4, 0.5) is 19.0 Å². The summed E-state index contributed by atoms with van der Waals surface area (Å²) >= 11 is 1.53. The van der Waals surface area contributed by atoms with Crippen molar-refractivity contribution in [3.63, 3.8) is 0 Å². The van der Waals surface area contributed by atoms with Crippen LogP contribution in [0.25, 0.3) is 10.1 Å². The number of nitrogens with zero attached hydrogens (tertiary/aromatic N) is 4. The van der Waals surface area contributed by atoms with E-state index in [1.54, 1.807) is 0 Å². The minimum absolute atomic E-state index is 0.103. The molecule has 5 aliphatic rings. The van der Waals surface area contributed by atoms with E-state index in [9.17, 15) is 27.9 Å². The Bertz CT molecular complexity index is 1310. The van der Waals surface area contributed by atoms with Crippen molar-refractivity contribution in [2.45, 2.75) is 50.3 Å². The van der Waals surface area contributed by atoms with Crippen molar-refractivity contribution in [3.05, 3.63) is 24.3 Å². The second kappa shape index (κ2) is 9.66. The number of piperazine rings is 1. The van der Waals surface area contributed by atoms with Gasteiger partial charge in [-0.2, -0.15) is 17.5 Å². The number of alkyl halides is 3. The van der Waals surface area contributed by atoms with E-state index in [-0.39, 0.29) is 18.2 Å². The number of amides is 2. The van der Waals surface area contributed by atoms with E-state index in [0.29, 0.717) is 12.5 Å². The number of hydrogen-bond acceptors (Lipinski definition) is 7. The molecule has 1 aromatic heterocycles. The number of hydrogen-bond donors (Lipinski definition) is 1. The summed E-state index contributed by atoms with van der Waals surface area (Å²) in [6.07, 6.45) is -1.06. The van der Waals surface area contributed by atoms with E-state index in [0.717, 1.165) is 64.2 Å². The molecular weight excluding hydrogens is 541 g/mol. The summed E-state index contributed by atoms with van der Waals surface area (Å²) in [7, 11) is 0. The molecule has 0 radical (unpaired) electrons. The zero-order chi connectivity index (χ0) is 27.8. The summed E-state index contributed by atoms with van der Waals surface area (Å²) in [6, 6.07) is 8.30. The van der Waals surface area contributed by atoms with Crippen molar-refractivity contribution >= 4 is 39.3 Å². The van der Waals surface area contributed by atoms with E-state index in [4.69, 9.17) is 4.37 Å². The number of likely N-dealkylation sites (tertiary alicyclic amines) is 1. The molecule has 2 amide bonds. The molecule has 40 heavy (non-hydrogen) atoms. The number of benzene rings is 1. The van der Waals surface area contributed by atoms with Gasteiger partial charge in [-0.25, -0.2) is 0 Å². The first kappa shape index (κ1) is 26.6. The highest BCUT2D eigenvalue weighted by Gasteiger charge is 2.74. The SMILES string of the molecule is O=C1[C@@H]2[C@@H]3C[C@H]([C@@H]2C(=O)N1CC1CCCC[C@H]1CN1CCN(c2nsc4ccccc24)CC1)[C@@](O)(C(F)(F)F)C3. The van der Waals surface area contributed by atoms with Gasteiger partial charge in [0.1, 0.15) is 5.82 Å². The molecule has 2 aliphatic heterocycles. The van der Waals surface area contributed by atoms with Gasteiger partial charge in [-0.3, -0.25) is 19.4 Å². The van der Waals surface area contributed by atoms with Crippen LogP contribution in [0.15, 0.2) is 24.3 Å². The van der Waals surface area contributed by atoms with Crippen LogP contribution in [0.1, 0.15) is 38.5 Å². The first-order chi connectivity index (χ1) is 19.2. The maximum Gasteiger partial charge on any atom is 0.417 e. The lowest BCUT2D eigenvalue weighted by Crippen LogP contribution is -2.54. The summed E-state index contributed by atoms with van der Waals surface area (Å²) in [4.78, 5) is 32.9. The Morgan fingerprint density at radius 2 is 1.65 bits per heavy atom. The van der Waals surface area contributed by atoms with Crippen molar-refractivity contribution in [2.75, 3.05) is 44.2 Å². The van der Waals surface area contributed by atoms with E-state index in [1.807, 2.05) is 12.1 Å². The van der Waals surface area contributed by atoms with Gasteiger partial charge in [-0.15, -0.1) is 0 Å². The molecule has 3 aliphatic carbocycles. The normalized spacial score (nSPS) is 36.7. The Morgan fingerprint density at radius 3 is 2.38 bits per heavy atom. The Morgan fingerprint density at radius 1 is 0.975 bits per heavy atom. The summed E-state index contributed by atoms with van der Waals surface area (Å²) in [5.74, 6) is -2.76. The smallest absolute Gasteiger partial charge is 0.380 e. The molecule has 3 heterocycles. The van der Waals surface area contributed by atoms with Crippen molar-refractivity contribution in [1.82, 2.24) is 14.2 Å². The average Bonchev–Trinajstić information content (AvgIpc) is 3.68. The van der Waals surface area contributed by atoms with E-state index < -0.39 is 47.8 Å². The summed E-state index contributed by atoms with van der Waals surface area (Å²) in [6.45, 7) is 4.81. The van der Waals surface area contributed by atoms with Crippen molar-refractivity contribution < 1.29 is 27.9 Å². The third kappa shape index (κ3) is 4.09. The van der Waals surface area contributed by atoms with Gasteiger partial charge in [-0.05, 0) is 67.1 Å². The molecule has 1 aromatic carbocycles. The quantitative estimate of drug-likeness (QED) is 0.539. The zero-order valence-electron chi connectivity index (χ0n) is 22.4. The Labute approximate surface area is 235 Å². The molecule has 5 fully saturated rings. The van der Waals surface area contributed by atoms with Crippen LogP contribution in [0.3, 0.4) is 0 Å². The van der Waals surface area contributed by atoms with Gasteiger partial charge in [0.05, 0.1) is 16.5 Å². The number of carbonyl (C=O) groups excluding carboxylic acids is 2. The largest absolute Gasteiger partial charge is 0.417 e. The molecule has 2 bridgehead atoms. The molecule has 7 nitrogen and oxygen atoms in total. The summed E-state index contributed by atoms with van der Waals surface area (Å²) in [5.41, 5.74) is -2.86. The van der Waals surface area contributed by atoms with E-state index in [2.05, 4.69) is 21.9 Å². The Hall–Kier alpha value is -2.24. The fraction of sp³-hybridized carbons (Fsp3) is 0.690. The van der Waals surface area contributed by atoms with Gasteiger partial charge in [0, 0.05) is 50.6 Å². The number of aromatic nitrogens is 1. The maximum atomic E-state index is 13.7. The number of anilines is 1. The molecule has 7 atom stereocenters. The second-order valence-corrected chi connectivity index (χ2v) is 13.5.